The van der Waals surface area contributed by atoms with Crippen LogP contribution in [0.2, 0.25) is 0 Å². The Labute approximate surface area is 151 Å². The SMILES string of the molecule is COC(=O)CNC(=O)C(C)NC(=O)CNC(=O)CNC(=O)OC(C)(C)C. The van der Waals surface area contributed by atoms with Crippen molar-refractivity contribution in [3.63, 3.8) is 0 Å². The van der Waals surface area contributed by atoms with Gasteiger partial charge in [-0.15, -0.1) is 0 Å². The molecule has 0 saturated carbocycles. The van der Waals surface area contributed by atoms with Crippen molar-refractivity contribution in [1.29, 1.82) is 0 Å². The van der Waals surface area contributed by atoms with Crippen molar-refractivity contribution in [3.05, 3.63) is 0 Å². The molecule has 26 heavy (non-hydrogen) atoms. The first-order valence-electron chi connectivity index (χ1n) is 7.82. The molecule has 148 valence electrons. The third-order valence-electron chi connectivity index (χ3n) is 2.64. The molecule has 0 saturated heterocycles. The van der Waals surface area contributed by atoms with Crippen molar-refractivity contribution in [2.75, 3.05) is 26.7 Å². The fourth-order valence-electron chi connectivity index (χ4n) is 1.45. The molecule has 0 aliphatic carbocycles. The van der Waals surface area contributed by atoms with E-state index in [0.717, 1.165) is 0 Å². The number of nitrogens with one attached hydrogen (secondary N) is 4. The summed E-state index contributed by atoms with van der Waals surface area (Å²) < 4.78 is 9.32. The largest absolute Gasteiger partial charge is 0.468 e. The van der Waals surface area contributed by atoms with Crippen molar-refractivity contribution >= 4 is 29.8 Å². The highest BCUT2D eigenvalue weighted by Crippen LogP contribution is 2.05. The second-order valence-electron chi connectivity index (χ2n) is 6.22. The van der Waals surface area contributed by atoms with E-state index in [1.54, 1.807) is 20.8 Å². The van der Waals surface area contributed by atoms with E-state index in [1.165, 1.54) is 14.0 Å². The third-order valence-corrected chi connectivity index (χ3v) is 2.64. The average Bonchev–Trinajstić information content (AvgIpc) is 2.53. The Morgan fingerprint density at radius 3 is 2.00 bits per heavy atom. The van der Waals surface area contributed by atoms with E-state index in [4.69, 9.17) is 4.74 Å². The van der Waals surface area contributed by atoms with Gasteiger partial charge >= 0.3 is 12.1 Å². The maximum absolute atomic E-state index is 11.7. The van der Waals surface area contributed by atoms with Gasteiger partial charge in [-0.25, -0.2) is 4.79 Å². The summed E-state index contributed by atoms with van der Waals surface area (Å²) in [6, 6.07) is -0.913. The Morgan fingerprint density at radius 2 is 1.46 bits per heavy atom. The number of carbonyl (C=O) groups excluding carboxylic acids is 5. The molecule has 0 heterocycles. The normalized spacial score (nSPS) is 11.6. The van der Waals surface area contributed by atoms with Gasteiger partial charge in [0.1, 0.15) is 24.7 Å². The van der Waals surface area contributed by atoms with Crippen molar-refractivity contribution in [2.24, 2.45) is 0 Å². The van der Waals surface area contributed by atoms with Crippen LogP contribution >= 0.6 is 0 Å². The summed E-state index contributed by atoms with van der Waals surface area (Å²) in [5.74, 6) is -2.42. The van der Waals surface area contributed by atoms with Crippen molar-refractivity contribution < 1.29 is 33.4 Å². The second-order valence-corrected chi connectivity index (χ2v) is 6.22. The molecule has 4 N–H and O–H groups in total. The van der Waals surface area contributed by atoms with Crippen LogP contribution in [-0.4, -0.2) is 68.2 Å². The van der Waals surface area contributed by atoms with E-state index in [0.29, 0.717) is 0 Å². The molecular weight excluding hydrogens is 348 g/mol. The lowest BCUT2D eigenvalue weighted by Gasteiger charge is -2.19. The highest BCUT2D eigenvalue weighted by Gasteiger charge is 2.18. The fourth-order valence-corrected chi connectivity index (χ4v) is 1.45. The molecule has 0 radical (unpaired) electrons. The van der Waals surface area contributed by atoms with Crippen molar-refractivity contribution in [1.82, 2.24) is 21.3 Å². The highest BCUT2D eigenvalue weighted by molar-refractivity contribution is 5.91. The molecule has 0 aromatic carbocycles. The maximum atomic E-state index is 11.7. The van der Waals surface area contributed by atoms with Crippen LogP contribution in [0.5, 0.6) is 0 Å². The molecule has 0 aliphatic heterocycles. The van der Waals surface area contributed by atoms with Gasteiger partial charge in [-0.05, 0) is 27.7 Å². The lowest BCUT2D eigenvalue weighted by molar-refractivity contribution is -0.141. The summed E-state index contributed by atoms with van der Waals surface area (Å²) >= 11 is 0. The second kappa shape index (κ2) is 10.9. The van der Waals surface area contributed by atoms with E-state index in [9.17, 15) is 24.0 Å². The fraction of sp³-hybridized carbons (Fsp3) is 0.667. The average molecular weight is 374 g/mol. The van der Waals surface area contributed by atoms with Crippen LogP contribution in [-0.2, 0) is 28.7 Å². The molecule has 0 rings (SSSR count). The smallest absolute Gasteiger partial charge is 0.408 e. The quantitative estimate of drug-likeness (QED) is 0.374. The molecule has 0 aromatic heterocycles. The first-order chi connectivity index (χ1) is 11.9. The third kappa shape index (κ3) is 11.6. The minimum Gasteiger partial charge on any atom is -0.468 e. The van der Waals surface area contributed by atoms with E-state index >= 15 is 0 Å². The summed E-state index contributed by atoms with van der Waals surface area (Å²) in [6.45, 7) is 5.39. The van der Waals surface area contributed by atoms with Crippen LogP contribution in [0.1, 0.15) is 27.7 Å². The van der Waals surface area contributed by atoms with Gasteiger partial charge in [-0.2, -0.15) is 0 Å². The molecule has 0 aromatic rings. The highest BCUT2D eigenvalue weighted by atomic mass is 16.6. The Balaban J connectivity index is 4.06. The van der Waals surface area contributed by atoms with Gasteiger partial charge in [0.2, 0.25) is 17.7 Å². The predicted molar refractivity (Wildman–Crippen MR) is 89.9 cm³/mol. The van der Waals surface area contributed by atoms with Gasteiger partial charge < -0.3 is 30.7 Å². The summed E-state index contributed by atoms with van der Waals surface area (Å²) in [5, 5.41) is 9.14. The number of methoxy groups -OCH3 is 1. The Kier molecular flexibility index (Phi) is 9.71. The first-order valence-corrected chi connectivity index (χ1v) is 7.82. The van der Waals surface area contributed by atoms with E-state index < -0.39 is 41.4 Å². The number of alkyl carbamates (subject to hydrolysis) is 1. The Bertz CT molecular complexity index is 543. The van der Waals surface area contributed by atoms with Gasteiger partial charge in [0, 0.05) is 0 Å². The topological polar surface area (TPSA) is 152 Å². The van der Waals surface area contributed by atoms with Gasteiger partial charge in [0.15, 0.2) is 0 Å². The number of ether oxygens (including phenoxy) is 2. The zero-order chi connectivity index (χ0) is 20.3. The lowest BCUT2D eigenvalue weighted by atomic mass is 10.2. The van der Waals surface area contributed by atoms with Gasteiger partial charge in [0.25, 0.3) is 0 Å². The number of esters is 1. The Hall–Kier alpha value is -2.85. The minimum absolute atomic E-state index is 0.317. The van der Waals surface area contributed by atoms with E-state index in [-0.39, 0.29) is 19.6 Å². The van der Waals surface area contributed by atoms with Crippen LogP contribution in [0, 0.1) is 0 Å². The number of hydrogen-bond donors (Lipinski definition) is 4. The van der Waals surface area contributed by atoms with Crippen LogP contribution in [0.4, 0.5) is 4.79 Å². The Morgan fingerprint density at radius 1 is 0.885 bits per heavy atom. The van der Waals surface area contributed by atoms with Gasteiger partial charge in [-0.1, -0.05) is 0 Å². The number of carbonyl (C=O) groups is 5. The van der Waals surface area contributed by atoms with Crippen LogP contribution in [0.15, 0.2) is 0 Å². The van der Waals surface area contributed by atoms with Crippen molar-refractivity contribution in [2.45, 2.75) is 39.3 Å². The van der Waals surface area contributed by atoms with Gasteiger partial charge in [0.05, 0.1) is 13.7 Å². The molecule has 1 unspecified atom stereocenters. The summed E-state index contributed by atoms with van der Waals surface area (Å²) in [7, 11) is 1.18. The monoisotopic (exact) mass is 374 g/mol. The van der Waals surface area contributed by atoms with Crippen LogP contribution in [0.3, 0.4) is 0 Å². The number of hydrogen-bond acceptors (Lipinski definition) is 7. The van der Waals surface area contributed by atoms with Crippen LogP contribution in [0.25, 0.3) is 0 Å². The standard InChI is InChI=1S/C15H26N4O7/c1-9(13(23)17-8-12(22)25-5)19-11(21)7-16-10(20)6-18-14(24)26-15(2,3)4/h9H,6-8H2,1-5H3,(H,16,20)(H,17,23)(H,18,24)(H,19,21). The first kappa shape index (κ1) is 23.1. The number of amides is 4. The maximum Gasteiger partial charge on any atom is 0.408 e. The lowest BCUT2D eigenvalue weighted by Crippen LogP contribution is -2.49. The molecule has 11 nitrogen and oxygen atoms in total. The van der Waals surface area contributed by atoms with E-state index in [2.05, 4.69) is 26.0 Å². The summed E-state index contributed by atoms with van der Waals surface area (Å²) in [5.41, 5.74) is -0.689. The minimum atomic E-state index is -0.913. The summed E-state index contributed by atoms with van der Waals surface area (Å²) in [6.07, 6.45) is -0.756. The number of rotatable bonds is 8. The zero-order valence-electron chi connectivity index (χ0n) is 15.6. The molecular formula is C15H26N4O7. The molecule has 1 atom stereocenters. The molecule has 0 aliphatic rings. The van der Waals surface area contributed by atoms with Gasteiger partial charge in [-0.3, -0.25) is 19.2 Å². The van der Waals surface area contributed by atoms with Crippen molar-refractivity contribution in [3.8, 4) is 0 Å². The van der Waals surface area contributed by atoms with Crippen LogP contribution < -0.4 is 21.3 Å². The molecule has 0 spiro atoms. The van der Waals surface area contributed by atoms with E-state index in [1.807, 2.05) is 0 Å². The molecule has 11 heteroatoms. The predicted octanol–water partition coefficient (Wildman–Crippen LogP) is -1.58. The molecule has 4 amide bonds. The molecule has 0 bridgehead atoms. The summed E-state index contributed by atoms with van der Waals surface area (Å²) in [4.78, 5) is 57.2. The molecule has 0 fully saturated rings. The zero-order valence-corrected chi connectivity index (χ0v) is 15.6.